The highest BCUT2D eigenvalue weighted by Crippen LogP contribution is 2.19. The summed E-state index contributed by atoms with van der Waals surface area (Å²) in [5, 5.41) is 7.76. The lowest BCUT2D eigenvalue weighted by Gasteiger charge is -2.17. The highest BCUT2D eigenvalue weighted by molar-refractivity contribution is 6.04. The molecule has 5 heteroatoms. The minimum Gasteiger partial charge on any atom is -0.497 e. The second-order valence-electron chi connectivity index (χ2n) is 4.40. The van der Waals surface area contributed by atoms with Gasteiger partial charge in [0.2, 0.25) is 5.96 Å². The minimum atomic E-state index is -0.282. The topological polar surface area (TPSA) is 56.6 Å². The van der Waals surface area contributed by atoms with Gasteiger partial charge in [0.1, 0.15) is 11.8 Å². The summed E-state index contributed by atoms with van der Waals surface area (Å²) in [6.45, 7) is 0. The molecule has 1 saturated heterocycles. The number of ether oxygens (including phenoxy) is 1. The predicted molar refractivity (Wildman–Crippen MR) is 68.7 cm³/mol. The molecule has 1 N–H and O–H groups in total. The zero-order valence-electron chi connectivity index (χ0n) is 10.8. The van der Waals surface area contributed by atoms with Gasteiger partial charge in [-0.1, -0.05) is 12.1 Å². The van der Waals surface area contributed by atoms with Crippen LogP contribution in [0.3, 0.4) is 0 Å². The van der Waals surface area contributed by atoms with E-state index in [1.165, 1.54) is 4.90 Å². The number of hydrogen-bond donors (Lipinski definition) is 1. The van der Waals surface area contributed by atoms with Gasteiger partial charge in [-0.05, 0) is 17.7 Å². The van der Waals surface area contributed by atoms with Crippen molar-refractivity contribution in [2.75, 3.05) is 21.2 Å². The van der Waals surface area contributed by atoms with E-state index >= 15 is 0 Å². The number of hydrogen-bond acceptors (Lipinski definition) is 3. The molecule has 1 heterocycles. The number of nitrogens with one attached hydrogen (secondary N) is 1. The van der Waals surface area contributed by atoms with Crippen LogP contribution in [0.15, 0.2) is 24.3 Å². The van der Waals surface area contributed by atoms with E-state index in [4.69, 9.17) is 10.1 Å². The van der Waals surface area contributed by atoms with E-state index in [0.29, 0.717) is 6.42 Å². The van der Waals surface area contributed by atoms with Crippen LogP contribution in [-0.4, -0.2) is 48.9 Å². The third kappa shape index (κ3) is 2.03. The number of methoxy groups -OCH3 is 1. The summed E-state index contributed by atoms with van der Waals surface area (Å²) in [4.78, 5) is 15.1. The maximum Gasteiger partial charge on any atom is 0.252 e. The van der Waals surface area contributed by atoms with Crippen LogP contribution in [0.1, 0.15) is 5.56 Å². The van der Waals surface area contributed by atoms with Gasteiger partial charge < -0.3 is 9.64 Å². The van der Waals surface area contributed by atoms with Crippen LogP contribution in [0.2, 0.25) is 0 Å². The van der Waals surface area contributed by atoms with Gasteiger partial charge >= 0.3 is 0 Å². The second kappa shape index (κ2) is 4.68. The van der Waals surface area contributed by atoms with E-state index in [1.54, 1.807) is 26.1 Å². The molecule has 1 fully saturated rings. The third-order valence-corrected chi connectivity index (χ3v) is 3.32. The lowest BCUT2D eigenvalue weighted by atomic mass is 10.1. The van der Waals surface area contributed by atoms with Gasteiger partial charge in [0.25, 0.3) is 5.91 Å². The van der Waals surface area contributed by atoms with Gasteiger partial charge in [-0.3, -0.25) is 15.1 Å². The van der Waals surface area contributed by atoms with E-state index in [2.05, 4.69) is 0 Å². The fourth-order valence-electron chi connectivity index (χ4n) is 2.09. The molecule has 1 aromatic rings. The Morgan fingerprint density at radius 1 is 1.28 bits per heavy atom. The molecule has 18 heavy (non-hydrogen) atoms. The Hall–Kier alpha value is -2.04. The van der Waals surface area contributed by atoms with Crippen LogP contribution in [-0.2, 0) is 11.2 Å². The second-order valence-corrected chi connectivity index (χ2v) is 4.40. The number of guanidine groups is 1. The molecule has 0 radical (unpaired) electrons. The first kappa shape index (κ1) is 12.4. The maximum atomic E-state index is 12.0. The Morgan fingerprint density at radius 2 is 1.89 bits per heavy atom. The quantitative estimate of drug-likeness (QED) is 0.865. The number of carbonyl (C=O) groups is 1. The SMILES string of the molecule is COc1ccc(CC2C(=O)N(C)C(=N)N2C)cc1. The Balaban J connectivity index is 2.13. The van der Waals surface area contributed by atoms with Crippen molar-refractivity contribution in [3.05, 3.63) is 29.8 Å². The summed E-state index contributed by atoms with van der Waals surface area (Å²) in [6.07, 6.45) is 0.603. The summed E-state index contributed by atoms with van der Waals surface area (Å²) in [6, 6.07) is 7.37. The van der Waals surface area contributed by atoms with Gasteiger partial charge in [-0.2, -0.15) is 0 Å². The molecule has 96 valence electrons. The number of amides is 1. The Labute approximate surface area is 106 Å². The van der Waals surface area contributed by atoms with Crippen LogP contribution in [0, 0.1) is 5.41 Å². The van der Waals surface area contributed by atoms with Crippen LogP contribution in [0.4, 0.5) is 0 Å². The van der Waals surface area contributed by atoms with Crippen LogP contribution in [0.5, 0.6) is 5.75 Å². The van der Waals surface area contributed by atoms with E-state index in [1.807, 2.05) is 24.3 Å². The molecular weight excluding hydrogens is 230 g/mol. The number of likely N-dealkylation sites (N-methyl/N-ethyl adjacent to an activating group) is 2. The smallest absolute Gasteiger partial charge is 0.252 e. The molecule has 1 unspecified atom stereocenters. The third-order valence-electron chi connectivity index (χ3n) is 3.32. The zero-order chi connectivity index (χ0) is 13.3. The van der Waals surface area contributed by atoms with Crippen molar-refractivity contribution < 1.29 is 9.53 Å². The van der Waals surface area contributed by atoms with Crippen LogP contribution >= 0.6 is 0 Å². The number of rotatable bonds is 3. The molecule has 1 atom stereocenters. The summed E-state index contributed by atoms with van der Waals surface area (Å²) in [7, 11) is 5.03. The van der Waals surface area contributed by atoms with Crippen molar-refractivity contribution in [2.24, 2.45) is 0 Å². The van der Waals surface area contributed by atoms with E-state index < -0.39 is 0 Å². The molecule has 0 aliphatic carbocycles. The predicted octanol–water partition coefficient (Wildman–Crippen LogP) is 0.945. The molecule has 1 aromatic carbocycles. The molecule has 2 rings (SSSR count). The van der Waals surface area contributed by atoms with E-state index in [9.17, 15) is 4.79 Å². The highest BCUT2D eigenvalue weighted by atomic mass is 16.5. The van der Waals surface area contributed by atoms with E-state index in [-0.39, 0.29) is 17.9 Å². The molecule has 5 nitrogen and oxygen atoms in total. The van der Waals surface area contributed by atoms with Crippen molar-refractivity contribution in [3.63, 3.8) is 0 Å². The van der Waals surface area contributed by atoms with Crippen molar-refractivity contribution in [1.29, 1.82) is 5.41 Å². The van der Waals surface area contributed by atoms with Gasteiger partial charge in [0.05, 0.1) is 7.11 Å². The summed E-state index contributed by atoms with van der Waals surface area (Å²) < 4.78 is 5.10. The number of nitrogens with zero attached hydrogens (tertiary/aromatic N) is 2. The Bertz CT molecular complexity index is 470. The molecule has 1 amide bonds. The Morgan fingerprint density at radius 3 is 2.33 bits per heavy atom. The van der Waals surface area contributed by atoms with Crippen molar-refractivity contribution in [2.45, 2.75) is 12.5 Å². The molecule has 1 aliphatic rings. The van der Waals surface area contributed by atoms with Crippen molar-refractivity contribution in [3.8, 4) is 5.75 Å². The lowest BCUT2D eigenvalue weighted by molar-refractivity contribution is -0.127. The molecule has 0 aromatic heterocycles. The van der Waals surface area contributed by atoms with Gasteiger partial charge in [0, 0.05) is 20.5 Å². The molecular formula is C13H17N3O2. The minimum absolute atomic E-state index is 0.0293. The molecule has 1 aliphatic heterocycles. The normalized spacial score (nSPS) is 19.6. The van der Waals surface area contributed by atoms with Gasteiger partial charge in [-0.25, -0.2) is 0 Å². The summed E-state index contributed by atoms with van der Waals surface area (Å²) in [5.41, 5.74) is 1.06. The van der Waals surface area contributed by atoms with Gasteiger partial charge in [0.15, 0.2) is 0 Å². The largest absolute Gasteiger partial charge is 0.497 e. The number of carbonyl (C=O) groups excluding carboxylic acids is 1. The van der Waals surface area contributed by atoms with Crippen molar-refractivity contribution >= 4 is 11.9 Å². The monoisotopic (exact) mass is 247 g/mol. The fourth-order valence-corrected chi connectivity index (χ4v) is 2.09. The maximum absolute atomic E-state index is 12.0. The highest BCUT2D eigenvalue weighted by Gasteiger charge is 2.37. The van der Waals surface area contributed by atoms with Crippen LogP contribution in [0.25, 0.3) is 0 Å². The summed E-state index contributed by atoms with van der Waals surface area (Å²) in [5.74, 6) is 1.02. The van der Waals surface area contributed by atoms with E-state index in [0.717, 1.165) is 11.3 Å². The zero-order valence-corrected chi connectivity index (χ0v) is 10.8. The first-order valence-electron chi connectivity index (χ1n) is 5.76. The Kier molecular flexibility index (Phi) is 3.23. The lowest BCUT2D eigenvalue weighted by Crippen LogP contribution is -2.33. The van der Waals surface area contributed by atoms with Crippen LogP contribution < -0.4 is 4.74 Å². The first-order chi connectivity index (χ1) is 8.54. The standard InChI is InChI=1S/C13H17N3O2/c1-15-11(12(17)16(2)13(15)14)8-9-4-6-10(18-3)7-5-9/h4-7,11,14H,8H2,1-3H3. The fraction of sp³-hybridized carbons (Fsp3) is 0.385. The van der Waals surface area contributed by atoms with Gasteiger partial charge in [-0.15, -0.1) is 0 Å². The average molecular weight is 247 g/mol. The van der Waals surface area contributed by atoms with Crippen molar-refractivity contribution in [1.82, 2.24) is 9.80 Å². The number of benzene rings is 1. The molecule has 0 spiro atoms. The molecule has 0 bridgehead atoms. The average Bonchev–Trinajstić information content (AvgIpc) is 2.57. The summed E-state index contributed by atoms with van der Waals surface area (Å²) >= 11 is 0. The first-order valence-corrected chi connectivity index (χ1v) is 5.76. The molecule has 0 saturated carbocycles.